The Kier molecular flexibility index (Phi) is 2.39. The molecular formula is C17H21NO2. The van der Waals surface area contributed by atoms with Gasteiger partial charge in [-0.05, 0) is 31.4 Å². The van der Waals surface area contributed by atoms with Crippen molar-refractivity contribution in [3.05, 3.63) is 35.4 Å². The third-order valence-corrected chi connectivity index (χ3v) is 5.82. The molecule has 1 N–H and O–H groups in total. The number of benzene rings is 1. The molecule has 4 rings (SSSR count). The highest BCUT2D eigenvalue weighted by atomic mass is 16.3. The predicted octanol–water partition coefficient (Wildman–Crippen LogP) is 3.04. The number of fused-ring (bicyclic) bond motifs is 4. The molecule has 2 atom stereocenters. The van der Waals surface area contributed by atoms with Crippen molar-refractivity contribution in [3.8, 4) is 0 Å². The van der Waals surface area contributed by atoms with Gasteiger partial charge in [-0.25, -0.2) is 0 Å². The first-order valence-corrected chi connectivity index (χ1v) is 7.72. The Bertz CT molecular complexity index is 572. The quantitative estimate of drug-likeness (QED) is 0.788. The first kappa shape index (κ1) is 12.4. The molecule has 0 aromatic heterocycles. The number of amides is 1. The zero-order valence-electron chi connectivity index (χ0n) is 11.9. The van der Waals surface area contributed by atoms with Gasteiger partial charge in [-0.3, -0.25) is 4.79 Å². The maximum Gasteiger partial charge on any atom is 0.255 e. The normalized spacial score (nSPS) is 34.4. The summed E-state index contributed by atoms with van der Waals surface area (Å²) in [5.74, 6) is 0.130. The van der Waals surface area contributed by atoms with E-state index in [1.54, 1.807) is 0 Å². The van der Waals surface area contributed by atoms with E-state index in [2.05, 4.69) is 6.07 Å². The van der Waals surface area contributed by atoms with E-state index in [0.29, 0.717) is 6.42 Å². The molecule has 1 aromatic rings. The van der Waals surface area contributed by atoms with Crippen molar-refractivity contribution in [3.63, 3.8) is 0 Å². The molecule has 1 aliphatic carbocycles. The van der Waals surface area contributed by atoms with Crippen LogP contribution in [0.1, 0.15) is 67.4 Å². The molecule has 20 heavy (non-hydrogen) atoms. The van der Waals surface area contributed by atoms with Crippen LogP contribution in [0.5, 0.6) is 0 Å². The maximum absolute atomic E-state index is 12.9. The summed E-state index contributed by atoms with van der Waals surface area (Å²) in [6, 6.07) is 7.99. The van der Waals surface area contributed by atoms with Crippen molar-refractivity contribution in [1.29, 1.82) is 0 Å². The third kappa shape index (κ3) is 1.32. The number of nitrogens with zero attached hydrogens (tertiary/aromatic N) is 1. The van der Waals surface area contributed by atoms with E-state index in [-0.39, 0.29) is 17.5 Å². The van der Waals surface area contributed by atoms with Crippen molar-refractivity contribution in [2.45, 2.75) is 62.6 Å². The minimum atomic E-state index is -0.763. The van der Waals surface area contributed by atoms with Gasteiger partial charge in [-0.1, -0.05) is 37.5 Å². The highest BCUT2D eigenvalue weighted by molar-refractivity contribution is 6.00. The number of hydrogen-bond acceptors (Lipinski definition) is 2. The predicted molar refractivity (Wildman–Crippen MR) is 76.4 cm³/mol. The van der Waals surface area contributed by atoms with Gasteiger partial charge in [0.15, 0.2) is 0 Å². The lowest BCUT2D eigenvalue weighted by molar-refractivity contribution is -0.0613. The van der Waals surface area contributed by atoms with Crippen LogP contribution in [0.4, 0.5) is 0 Å². The Morgan fingerprint density at radius 3 is 2.65 bits per heavy atom. The van der Waals surface area contributed by atoms with E-state index in [4.69, 9.17) is 0 Å². The topological polar surface area (TPSA) is 40.5 Å². The molecule has 1 saturated carbocycles. The highest BCUT2D eigenvalue weighted by Gasteiger charge is 2.64. The second-order valence-corrected chi connectivity index (χ2v) is 6.85. The van der Waals surface area contributed by atoms with Crippen LogP contribution in [0, 0.1) is 0 Å². The van der Waals surface area contributed by atoms with E-state index >= 15 is 0 Å². The summed E-state index contributed by atoms with van der Waals surface area (Å²) >= 11 is 0. The molecular weight excluding hydrogens is 250 g/mol. The summed E-state index contributed by atoms with van der Waals surface area (Å²) in [7, 11) is 0. The monoisotopic (exact) mass is 271 g/mol. The number of aliphatic hydroxyl groups is 1. The van der Waals surface area contributed by atoms with Gasteiger partial charge in [0.25, 0.3) is 5.91 Å². The van der Waals surface area contributed by atoms with E-state index in [9.17, 15) is 9.90 Å². The minimum Gasteiger partial charge on any atom is -0.388 e. The third-order valence-electron chi connectivity index (χ3n) is 5.82. The summed E-state index contributed by atoms with van der Waals surface area (Å²) in [6.07, 6.45) is 6.01. The number of carbonyl (C=O) groups excluding carboxylic acids is 1. The SMILES string of the molecule is CC1(O)C[C@@H]2c3ccccc3C(=O)N2C12CCCCC2. The Labute approximate surface area is 119 Å². The summed E-state index contributed by atoms with van der Waals surface area (Å²) in [5.41, 5.74) is 0.853. The average Bonchev–Trinajstić information content (AvgIpc) is 2.84. The van der Waals surface area contributed by atoms with Crippen molar-refractivity contribution in [2.75, 3.05) is 0 Å². The smallest absolute Gasteiger partial charge is 0.255 e. The van der Waals surface area contributed by atoms with Crippen molar-refractivity contribution < 1.29 is 9.90 Å². The fourth-order valence-corrected chi connectivity index (χ4v) is 4.83. The zero-order valence-corrected chi connectivity index (χ0v) is 11.9. The summed E-state index contributed by atoms with van der Waals surface area (Å²) in [5, 5.41) is 11.0. The van der Waals surface area contributed by atoms with Crippen LogP contribution in [0.3, 0.4) is 0 Å². The fraction of sp³-hybridized carbons (Fsp3) is 0.588. The van der Waals surface area contributed by atoms with Gasteiger partial charge in [-0.15, -0.1) is 0 Å². The van der Waals surface area contributed by atoms with Crippen LogP contribution in [0.2, 0.25) is 0 Å². The lowest BCUT2D eigenvalue weighted by atomic mass is 9.71. The Hall–Kier alpha value is -1.35. The minimum absolute atomic E-state index is 0.0757. The van der Waals surface area contributed by atoms with Crippen molar-refractivity contribution >= 4 is 5.91 Å². The molecule has 3 nitrogen and oxygen atoms in total. The van der Waals surface area contributed by atoms with Crippen LogP contribution >= 0.6 is 0 Å². The lowest BCUT2D eigenvalue weighted by Gasteiger charge is -2.47. The number of carbonyl (C=O) groups is 1. The first-order chi connectivity index (χ1) is 9.57. The molecule has 1 unspecified atom stereocenters. The molecule has 2 heterocycles. The van der Waals surface area contributed by atoms with E-state index < -0.39 is 5.60 Å². The number of rotatable bonds is 0. The van der Waals surface area contributed by atoms with Gasteiger partial charge in [0, 0.05) is 12.0 Å². The lowest BCUT2D eigenvalue weighted by Crippen LogP contribution is -2.58. The zero-order chi connectivity index (χ0) is 14.0. The largest absolute Gasteiger partial charge is 0.388 e. The second kappa shape index (κ2) is 3.85. The van der Waals surface area contributed by atoms with Crippen LogP contribution in [-0.4, -0.2) is 27.1 Å². The molecule has 1 aromatic carbocycles. The summed E-state index contributed by atoms with van der Waals surface area (Å²) < 4.78 is 0. The molecule has 0 bridgehead atoms. The van der Waals surface area contributed by atoms with Gasteiger partial charge in [0.05, 0.1) is 17.2 Å². The molecule has 3 heteroatoms. The summed E-state index contributed by atoms with van der Waals surface area (Å²) in [6.45, 7) is 1.94. The van der Waals surface area contributed by atoms with Gasteiger partial charge < -0.3 is 10.0 Å². The van der Waals surface area contributed by atoms with Crippen molar-refractivity contribution in [1.82, 2.24) is 4.90 Å². The fourth-order valence-electron chi connectivity index (χ4n) is 4.83. The molecule has 106 valence electrons. The first-order valence-electron chi connectivity index (χ1n) is 7.72. The average molecular weight is 271 g/mol. The number of hydrogen-bond donors (Lipinski definition) is 1. The van der Waals surface area contributed by atoms with Gasteiger partial charge >= 0.3 is 0 Å². The van der Waals surface area contributed by atoms with Crippen molar-refractivity contribution in [2.24, 2.45) is 0 Å². The van der Waals surface area contributed by atoms with E-state index in [1.807, 2.05) is 30.0 Å². The van der Waals surface area contributed by atoms with Gasteiger partial charge in [0.2, 0.25) is 0 Å². The Balaban J connectivity index is 1.86. The molecule has 1 spiro atoms. The van der Waals surface area contributed by atoms with Crippen LogP contribution in [0.25, 0.3) is 0 Å². The Morgan fingerprint density at radius 2 is 1.90 bits per heavy atom. The molecule has 0 radical (unpaired) electrons. The van der Waals surface area contributed by atoms with Crippen LogP contribution in [0.15, 0.2) is 24.3 Å². The maximum atomic E-state index is 12.9. The van der Waals surface area contributed by atoms with Crippen LogP contribution in [-0.2, 0) is 0 Å². The molecule has 2 fully saturated rings. The second-order valence-electron chi connectivity index (χ2n) is 6.85. The molecule has 3 aliphatic rings. The highest BCUT2D eigenvalue weighted by Crippen LogP contribution is 2.58. The van der Waals surface area contributed by atoms with Gasteiger partial charge in [0.1, 0.15) is 0 Å². The van der Waals surface area contributed by atoms with Gasteiger partial charge in [-0.2, -0.15) is 0 Å². The molecule has 1 saturated heterocycles. The Morgan fingerprint density at radius 1 is 1.20 bits per heavy atom. The standard InChI is InChI=1S/C17H21NO2/c1-16(20)11-14-12-7-3-4-8-13(12)15(19)18(14)17(16)9-5-2-6-10-17/h3-4,7-8,14,20H,2,5-6,9-11H2,1H3/t14-,16?/m1/s1. The molecule has 2 aliphatic heterocycles. The van der Waals surface area contributed by atoms with Crippen LogP contribution < -0.4 is 0 Å². The molecule has 1 amide bonds. The van der Waals surface area contributed by atoms with E-state index in [1.165, 1.54) is 6.42 Å². The van der Waals surface area contributed by atoms with E-state index in [0.717, 1.165) is 36.8 Å². The summed E-state index contributed by atoms with van der Waals surface area (Å²) in [4.78, 5) is 14.9.